The maximum atomic E-state index is 11.7. The van der Waals surface area contributed by atoms with E-state index in [1.165, 1.54) is 0 Å². The lowest BCUT2D eigenvalue weighted by atomic mass is 9.79. The van der Waals surface area contributed by atoms with Crippen LogP contribution in [-0.2, 0) is 80.5 Å². The standard InChI is InChI=1S/C48H90O19/c1-28(2)39-36(23-54-9)67-38(41(50)45(39)58-13)25-61-17-29-34(21-52-7)66-37(40(49)42(29)55-10)24-62-19-31-33(20-51-6)64-27-48(60-15,46(31)59-14)26-63-18-30-35(22-53-8)65-32(16-47(3,4)5)44(57-12)43(30)56-11/h28-46,49-50H,16-27H2,1-15H3. The molecule has 4 aliphatic rings. The first kappa shape index (κ1) is 58.8. The predicted octanol–water partition coefficient (Wildman–Crippen LogP) is 2.06. The summed E-state index contributed by atoms with van der Waals surface area (Å²) in [5.41, 5.74) is -1.02. The van der Waals surface area contributed by atoms with E-state index in [0.29, 0.717) is 13.2 Å². The van der Waals surface area contributed by atoms with Crippen molar-refractivity contribution < 1.29 is 90.7 Å². The summed E-state index contributed by atoms with van der Waals surface area (Å²) in [5, 5.41) is 23.1. The minimum absolute atomic E-state index is 0.00360. The summed E-state index contributed by atoms with van der Waals surface area (Å²) in [6.45, 7) is 12.8. The highest BCUT2D eigenvalue weighted by Crippen LogP contribution is 2.39. The van der Waals surface area contributed by atoms with Gasteiger partial charge in [0.2, 0.25) is 0 Å². The van der Waals surface area contributed by atoms with Crippen LogP contribution >= 0.6 is 0 Å². The first-order valence-electron chi connectivity index (χ1n) is 23.9. The molecule has 0 spiro atoms. The number of aliphatic hydroxyl groups is 2. The molecule has 0 radical (unpaired) electrons. The van der Waals surface area contributed by atoms with E-state index in [1.54, 1.807) is 71.1 Å². The summed E-state index contributed by atoms with van der Waals surface area (Å²) in [7, 11) is 16.3. The molecule has 4 saturated heterocycles. The monoisotopic (exact) mass is 971 g/mol. The Morgan fingerprint density at radius 3 is 1.45 bits per heavy atom. The van der Waals surface area contributed by atoms with Gasteiger partial charge in [0.05, 0.1) is 128 Å². The van der Waals surface area contributed by atoms with Gasteiger partial charge in [-0.2, -0.15) is 0 Å². The van der Waals surface area contributed by atoms with Crippen LogP contribution in [0.5, 0.6) is 0 Å². The van der Waals surface area contributed by atoms with Gasteiger partial charge in [-0.05, 0) is 17.8 Å². The first-order valence-corrected chi connectivity index (χ1v) is 23.9. The van der Waals surface area contributed by atoms with Crippen molar-refractivity contribution in [2.45, 2.75) is 132 Å². The van der Waals surface area contributed by atoms with Gasteiger partial charge in [0.1, 0.15) is 36.1 Å². The van der Waals surface area contributed by atoms with Crippen LogP contribution in [0.3, 0.4) is 0 Å². The average molecular weight is 971 g/mol. The summed E-state index contributed by atoms with van der Waals surface area (Å²) < 4.78 is 104. The van der Waals surface area contributed by atoms with E-state index in [0.717, 1.165) is 6.42 Å². The second-order valence-corrected chi connectivity index (χ2v) is 20.2. The van der Waals surface area contributed by atoms with Gasteiger partial charge in [-0.25, -0.2) is 0 Å². The van der Waals surface area contributed by atoms with E-state index in [9.17, 15) is 10.2 Å². The summed E-state index contributed by atoms with van der Waals surface area (Å²) >= 11 is 0. The summed E-state index contributed by atoms with van der Waals surface area (Å²) in [5.74, 6) is -0.914. The molecular weight excluding hydrogens is 881 g/mol. The molecule has 0 aromatic rings. The van der Waals surface area contributed by atoms with Crippen LogP contribution in [0.4, 0.5) is 0 Å². The van der Waals surface area contributed by atoms with Crippen molar-refractivity contribution in [1.82, 2.24) is 0 Å². The molecule has 4 heterocycles. The van der Waals surface area contributed by atoms with Gasteiger partial charge in [0.15, 0.2) is 0 Å². The molecule has 0 aliphatic carbocycles. The van der Waals surface area contributed by atoms with Crippen LogP contribution in [-0.4, -0.2) is 245 Å². The molecule has 19 atom stereocenters. The Hall–Kier alpha value is -0.760. The van der Waals surface area contributed by atoms with Crippen LogP contribution in [0.15, 0.2) is 0 Å². The van der Waals surface area contributed by atoms with E-state index in [2.05, 4.69) is 34.6 Å². The van der Waals surface area contributed by atoms with Gasteiger partial charge in [-0.15, -0.1) is 0 Å². The Morgan fingerprint density at radius 2 is 0.955 bits per heavy atom. The second kappa shape index (κ2) is 28.5. The lowest BCUT2D eigenvalue weighted by molar-refractivity contribution is -0.273. The van der Waals surface area contributed by atoms with Gasteiger partial charge in [0, 0.05) is 94.8 Å². The highest BCUT2D eigenvalue weighted by atomic mass is 16.6. The van der Waals surface area contributed by atoms with Gasteiger partial charge < -0.3 is 90.7 Å². The molecule has 67 heavy (non-hydrogen) atoms. The van der Waals surface area contributed by atoms with Crippen LogP contribution < -0.4 is 0 Å². The molecule has 19 nitrogen and oxygen atoms in total. The van der Waals surface area contributed by atoms with Crippen molar-refractivity contribution in [3.8, 4) is 0 Å². The quantitative estimate of drug-likeness (QED) is 0.116. The largest absolute Gasteiger partial charge is 0.388 e. The maximum absolute atomic E-state index is 11.7. The molecule has 0 amide bonds. The highest BCUT2D eigenvalue weighted by molar-refractivity contribution is 5.02. The average Bonchev–Trinajstić information content (AvgIpc) is 3.29. The molecule has 4 aliphatic heterocycles. The third kappa shape index (κ3) is 14.9. The van der Waals surface area contributed by atoms with Gasteiger partial charge >= 0.3 is 0 Å². The molecule has 4 fully saturated rings. The van der Waals surface area contributed by atoms with Crippen molar-refractivity contribution in [3.63, 3.8) is 0 Å². The molecule has 0 saturated carbocycles. The smallest absolute Gasteiger partial charge is 0.141 e. The van der Waals surface area contributed by atoms with Crippen LogP contribution in [0.25, 0.3) is 0 Å². The SMILES string of the molecule is COCC1OC(COCC2C(COC)OCC(COCC3C(COC)OC(CC(C)(C)C)C(OC)C3OC)(OC)C2OC)C(O)C(OC)C1COCC1OC(COC)C(C(C)C)C(OC)C1O. The van der Waals surface area contributed by atoms with Crippen LogP contribution in [0, 0.1) is 35.0 Å². The third-order valence-electron chi connectivity index (χ3n) is 14.2. The number of hydrogen-bond donors (Lipinski definition) is 2. The number of rotatable bonds is 28. The van der Waals surface area contributed by atoms with Crippen molar-refractivity contribution in [3.05, 3.63) is 0 Å². The van der Waals surface area contributed by atoms with Crippen LogP contribution in [0.2, 0.25) is 0 Å². The Kier molecular flexibility index (Phi) is 25.0. The minimum Gasteiger partial charge on any atom is -0.388 e. The zero-order valence-electron chi connectivity index (χ0n) is 43.3. The fraction of sp³-hybridized carbons (Fsp3) is 1.00. The molecule has 4 rings (SSSR count). The highest BCUT2D eigenvalue weighted by Gasteiger charge is 2.54. The number of methoxy groups -OCH3 is 10. The summed E-state index contributed by atoms with van der Waals surface area (Å²) in [6, 6.07) is 0. The van der Waals surface area contributed by atoms with Gasteiger partial charge in [0.25, 0.3) is 0 Å². The fourth-order valence-corrected chi connectivity index (χ4v) is 11.0. The van der Waals surface area contributed by atoms with E-state index in [4.69, 9.17) is 80.5 Å². The first-order chi connectivity index (χ1) is 32.1. The van der Waals surface area contributed by atoms with Gasteiger partial charge in [-0.1, -0.05) is 34.6 Å². The molecular formula is C48H90O19. The second-order valence-electron chi connectivity index (χ2n) is 20.2. The minimum atomic E-state index is -1.08. The molecule has 0 bridgehead atoms. The zero-order valence-corrected chi connectivity index (χ0v) is 43.3. The zero-order chi connectivity index (χ0) is 49.5. The molecule has 19 heteroatoms. The van der Waals surface area contributed by atoms with Crippen molar-refractivity contribution in [2.75, 3.05) is 144 Å². The van der Waals surface area contributed by atoms with E-state index >= 15 is 0 Å². The predicted molar refractivity (Wildman–Crippen MR) is 244 cm³/mol. The topological polar surface area (TPSA) is 197 Å². The Morgan fingerprint density at radius 1 is 0.493 bits per heavy atom. The third-order valence-corrected chi connectivity index (χ3v) is 14.2. The number of ether oxygens (including phenoxy) is 17. The lowest BCUT2D eigenvalue weighted by Gasteiger charge is -2.50. The summed E-state index contributed by atoms with van der Waals surface area (Å²) in [4.78, 5) is 0. The Labute approximate surface area is 400 Å². The van der Waals surface area contributed by atoms with E-state index in [-0.39, 0.29) is 119 Å². The van der Waals surface area contributed by atoms with Crippen molar-refractivity contribution in [2.24, 2.45) is 35.0 Å². The normalized spacial score (nSPS) is 39.9. The molecule has 2 N–H and O–H groups in total. The Bertz CT molecular complexity index is 1340. The van der Waals surface area contributed by atoms with Crippen LogP contribution in [0.1, 0.15) is 41.0 Å². The van der Waals surface area contributed by atoms with Crippen molar-refractivity contribution >= 4 is 0 Å². The van der Waals surface area contributed by atoms with Crippen molar-refractivity contribution in [1.29, 1.82) is 0 Å². The lowest BCUT2D eigenvalue weighted by Crippen LogP contribution is -2.64. The maximum Gasteiger partial charge on any atom is 0.141 e. The summed E-state index contributed by atoms with van der Waals surface area (Å²) in [6.07, 6.45) is -6.72. The number of hydrogen-bond acceptors (Lipinski definition) is 19. The fourth-order valence-electron chi connectivity index (χ4n) is 11.0. The Balaban J connectivity index is 1.42. The molecule has 19 unspecified atom stereocenters. The molecule has 396 valence electrons. The molecule has 0 aromatic carbocycles. The number of aliphatic hydroxyl groups excluding tert-OH is 2. The van der Waals surface area contributed by atoms with E-state index in [1.807, 2.05) is 0 Å². The molecule has 0 aromatic heterocycles. The van der Waals surface area contributed by atoms with E-state index < -0.39 is 66.5 Å². The van der Waals surface area contributed by atoms with Gasteiger partial charge in [-0.3, -0.25) is 0 Å².